The van der Waals surface area contributed by atoms with E-state index < -0.39 is 63.0 Å². The van der Waals surface area contributed by atoms with Crippen LogP contribution in [0.2, 0.25) is 5.02 Å². The van der Waals surface area contributed by atoms with E-state index in [9.17, 15) is 35.2 Å². The van der Waals surface area contributed by atoms with Gasteiger partial charge in [0.05, 0.1) is 22.3 Å². The van der Waals surface area contributed by atoms with Crippen LogP contribution >= 0.6 is 11.6 Å². The highest BCUT2D eigenvalue weighted by molar-refractivity contribution is 7.89. The first-order valence-corrected chi connectivity index (χ1v) is 13.5. The van der Waals surface area contributed by atoms with Crippen molar-refractivity contribution in [2.45, 2.75) is 54.9 Å². The van der Waals surface area contributed by atoms with Crippen LogP contribution in [0, 0.1) is 0 Å². The number of aromatic nitrogens is 3. The van der Waals surface area contributed by atoms with E-state index in [1.807, 2.05) is 0 Å². The van der Waals surface area contributed by atoms with Gasteiger partial charge in [-0.15, -0.1) is 5.10 Å². The van der Waals surface area contributed by atoms with Gasteiger partial charge in [0.15, 0.2) is 0 Å². The molecule has 2 fully saturated rings. The molecule has 0 radical (unpaired) electrons. The van der Waals surface area contributed by atoms with E-state index in [0.717, 1.165) is 12.1 Å². The van der Waals surface area contributed by atoms with Crippen molar-refractivity contribution in [1.82, 2.24) is 29.5 Å². The standard InChI is InChI=1S/C22H26ClF5N6O3S/c1-14(29-19(35)16-4-3-15(11-17(16)23)22(26,27)28)20(5-6-21(24,25)13-20)33-7-9-34(10-8-33)38(36,37)18-12-32(2)31-30-18/h3-4,11-12,14H,5-10,13H2,1-2H3,(H,29,35). The summed E-state index contributed by atoms with van der Waals surface area (Å²) in [7, 11) is -2.40. The van der Waals surface area contributed by atoms with Crippen molar-refractivity contribution in [3.05, 3.63) is 40.5 Å². The van der Waals surface area contributed by atoms with Gasteiger partial charge in [-0.25, -0.2) is 17.2 Å². The molecule has 1 saturated heterocycles. The van der Waals surface area contributed by atoms with Gasteiger partial charge in [0, 0.05) is 57.6 Å². The SMILES string of the molecule is CC(NC(=O)c1ccc(C(F)(F)F)cc1Cl)C1(N2CCN(S(=O)(=O)c3cn(C)nn3)CC2)CCC(F)(F)C1. The van der Waals surface area contributed by atoms with Crippen molar-refractivity contribution in [2.24, 2.45) is 7.05 Å². The molecular weight excluding hydrogens is 559 g/mol. The predicted octanol–water partition coefficient (Wildman–Crippen LogP) is 3.17. The lowest BCUT2D eigenvalue weighted by atomic mass is 9.85. The molecule has 1 N–H and O–H groups in total. The maximum Gasteiger partial charge on any atom is 0.416 e. The zero-order valence-electron chi connectivity index (χ0n) is 20.5. The monoisotopic (exact) mass is 584 g/mol. The first-order chi connectivity index (χ1) is 17.5. The quantitative estimate of drug-likeness (QED) is 0.524. The Balaban J connectivity index is 1.52. The van der Waals surface area contributed by atoms with Gasteiger partial charge in [-0.05, 0) is 31.5 Å². The van der Waals surface area contributed by atoms with E-state index in [2.05, 4.69) is 15.6 Å². The number of halogens is 6. The lowest BCUT2D eigenvalue weighted by Gasteiger charge is -2.48. The molecule has 4 rings (SSSR count). The Hall–Kier alpha value is -2.36. The van der Waals surface area contributed by atoms with Gasteiger partial charge in [0.25, 0.3) is 15.9 Å². The number of amides is 1. The van der Waals surface area contributed by atoms with Crippen LogP contribution in [0.1, 0.15) is 42.1 Å². The van der Waals surface area contributed by atoms with Crippen molar-refractivity contribution in [3.63, 3.8) is 0 Å². The topological polar surface area (TPSA) is 100 Å². The normalized spacial score (nSPS) is 23.9. The van der Waals surface area contributed by atoms with Crippen molar-refractivity contribution in [3.8, 4) is 0 Å². The molecular formula is C22H26ClF5N6O3S. The number of nitrogens with zero attached hydrogens (tertiary/aromatic N) is 5. The second-order valence-electron chi connectivity index (χ2n) is 9.65. The molecule has 1 aliphatic heterocycles. The number of hydrogen-bond acceptors (Lipinski definition) is 6. The largest absolute Gasteiger partial charge is 0.416 e. The average molecular weight is 585 g/mol. The fourth-order valence-corrected chi connectivity index (χ4v) is 6.77. The molecule has 2 unspecified atom stereocenters. The summed E-state index contributed by atoms with van der Waals surface area (Å²) in [5.41, 5.74) is -2.44. The number of piperazine rings is 1. The number of rotatable bonds is 6. The molecule has 2 heterocycles. The highest BCUT2D eigenvalue weighted by Crippen LogP contribution is 2.47. The summed E-state index contributed by atoms with van der Waals surface area (Å²) in [4.78, 5) is 14.7. The Morgan fingerprint density at radius 3 is 2.32 bits per heavy atom. The van der Waals surface area contributed by atoms with Crippen LogP contribution in [0.5, 0.6) is 0 Å². The van der Waals surface area contributed by atoms with Crippen LogP contribution in [-0.4, -0.2) is 82.2 Å². The minimum atomic E-state index is -4.64. The lowest BCUT2D eigenvalue weighted by Crippen LogP contribution is -2.64. The zero-order valence-corrected chi connectivity index (χ0v) is 22.0. The number of sulfonamides is 1. The van der Waals surface area contributed by atoms with E-state index >= 15 is 0 Å². The summed E-state index contributed by atoms with van der Waals surface area (Å²) in [6, 6.07) is 1.45. The van der Waals surface area contributed by atoms with Crippen LogP contribution in [0.15, 0.2) is 29.4 Å². The van der Waals surface area contributed by atoms with E-state index in [1.165, 1.54) is 22.2 Å². The number of carbonyl (C=O) groups is 1. The van der Waals surface area contributed by atoms with Crippen molar-refractivity contribution < 1.29 is 35.2 Å². The molecule has 0 spiro atoms. The van der Waals surface area contributed by atoms with Crippen LogP contribution in [0.3, 0.4) is 0 Å². The number of benzene rings is 1. The summed E-state index contributed by atoms with van der Waals surface area (Å²) in [5, 5.41) is 9.31. The molecule has 2 aromatic rings. The van der Waals surface area contributed by atoms with E-state index in [1.54, 1.807) is 11.8 Å². The minimum Gasteiger partial charge on any atom is -0.348 e. The van der Waals surface area contributed by atoms with Crippen LogP contribution in [0.4, 0.5) is 22.0 Å². The van der Waals surface area contributed by atoms with Crippen molar-refractivity contribution >= 4 is 27.5 Å². The molecule has 9 nitrogen and oxygen atoms in total. The molecule has 16 heteroatoms. The lowest BCUT2D eigenvalue weighted by molar-refractivity contribution is -0.137. The number of aryl methyl sites for hydroxylation is 1. The molecule has 0 bridgehead atoms. The number of alkyl halides is 5. The van der Waals surface area contributed by atoms with Crippen molar-refractivity contribution in [1.29, 1.82) is 0 Å². The first kappa shape index (κ1) is 28.6. The third kappa shape index (κ3) is 5.51. The number of nitrogens with one attached hydrogen (secondary N) is 1. The number of carbonyl (C=O) groups excluding carboxylic acids is 1. The molecule has 2 aliphatic rings. The molecule has 1 aromatic carbocycles. The smallest absolute Gasteiger partial charge is 0.348 e. The molecule has 210 valence electrons. The molecule has 1 amide bonds. The van der Waals surface area contributed by atoms with Crippen molar-refractivity contribution in [2.75, 3.05) is 26.2 Å². The van der Waals surface area contributed by atoms with Gasteiger partial charge in [0.1, 0.15) is 0 Å². The summed E-state index contributed by atoms with van der Waals surface area (Å²) >= 11 is 5.95. The second kappa shape index (κ2) is 9.99. The first-order valence-electron chi connectivity index (χ1n) is 11.7. The summed E-state index contributed by atoms with van der Waals surface area (Å²) < 4.78 is 96.2. The molecule has 2 atom stereocenters. The van der Waals surface area contributed by atoms with Gasteiger partial charge in [0.2, 0.25) is 10.9 Å². The van der Waals surface area contributed by atoms with Gasteiger partial charge in [-0.2, -0.15) is 17.5 Å². The van der Waals surface area contributed by atoms with E-state index in [-0.39, 0.29) is 43.2 Å². The third-order valence-corrected chi connectivity index (χ3v) is 9.31. The van der Waals surface area contributed by atoms with Gasteiger partial charge in [-0.3, -0.25) is 14.4 Å². The highest BCUT2D eigenvalue weighted by Gasteiger charge is 2.56. The molecule has 38 heavy (non-hydrogen) atoms. The van der Waals surface area contributed by atoms with Gasteiger partial charge < -0.3 is 5.32 Å². The maximum absolute atomic E-state index is 14.5. The summed E-state index contributed by atoms with van der Waals surface area (Å²) in [6.07, 6.45) is -4.34. The van der Waals surface area contributed by atoms with E-state index in [4.69, 9.17) is 11.6 Å². The van der Waals surface area contributed by atoms with Crippen LogP contribution < -0.4 is 5.32 Å². The molecule has 1 saturated carbocycles. The second-order valence-corrected chi connectivity index (χ2v) is 11.9. The predicted molar refractivity (Wildman–Crippen MR) is 126 cm³/mol. The summed E-state index contributed by atoms with van der Waals surface area (Å²) in [6.45, 7) is 1.82. The van der Waals surface area contributed by atoms with E-state index in [0.29, 0.717) is 6.07 Å². The minimum absolute atomic E-state index is 0.0115. The van der Waals surface area contributed by atoms with Crippen LogP contribution in [-0.2, 0) is 23.2 Å². The average Bonchev–Trinajstić information content (AvgIpc) is 3.42. The Morgan fingerprint density at radius 1 is 1.16 bits per heavy atom. The Bertz CT molecular complexity index is 1310. The maximum atomic E-state index is 14.5. The Morgan fingerprint density at radius 2 is 1.82 bits per heavy atom. The third-order valence-electron chi connectivity index (χ3n) is 7.24. The highest BCUT2D eigenvalue weighted by atomic mass is 35.5. The Kier molecular flexibility index (Phi) is 7.53. The fourth-order valence-electron chi connectivity index (χ4n) is 5.17. The summed E-state index contributed by atoms with van der Waals surface area (Å²) in [5.74, 6) is -3.80. The molecule has 1 aromatic heterocycles. The zero-order chi connectivity index (χ0) is 28.1. The number of hydrogen-bond donors (Lipinski definition) is 1. The van der Waals surface area contributed by atoms with Crippen LogP contribution in [0.25, 0.3) is 0 Å². The fraction of sp³-hybridized carbons (Fsp3) is 0.591. The van der Waals surface area contributed by atoms with Gasteiger partial charge in [-0.1, -0.05) is 16.8 Å². The molecule has 1 aliphatic carbocycles. The Labute approximate surface area is 221 Å². The van der Waals surface area contributed by atoms with Gasteiger partial charge >= 0.3 is 6.18 Å².